The van der Waals surface area contributed by atoms with Gasteiger partial charge in [-0.25, -0.2) is 8.42 Å². The number of nitrogen functional groups attached to an aromatic ring is 1. The van der Waals surface area contributed by atoms with Gasteiger partial charge in [-0.05, 0) is 18.2 Å². The molecular formula is C12H16BrN3O3S. The summed E-state index contributed by atoms with van der Waals surface area (Å²) in [7, 11) is -3.62. The fourth-order valence-corrected chi connectivity index (χ4v) is 4.19. The van der Waals surface area contributed by atoms with E-state index in [0.29, 0.717) is 17.6 Å². The van der Waals surface area contributed by atoms with Gasteiger partial charge in [0.25, 0.3) is 0 Å². The molecule has 8 heteroatoms. The second-order valence-corrected chi connectivity index (χ2v) is 7.41. The van der Waals surface area contributed by atoms with Crippen molar-refractivity contribution in [3.63, 3.8) is 0 Å². The number of nitrogens with zero attached hydrogens (tertiary/aromatic N) is 2. The highest BCUT2D eigenvalue weighted by Gasteiger charge is 2.30. The molecule has 1 aromatic rings. The van der Waals surface area contributed by atoms with Crippen LogP contribution >= 0.6 is 15.9 Å². The molecule has 1 aromatic carbocycles. The Morgan fingerprint density at radius 1 is 1.25 bits per heavy atom. The van der Waals surface area contributed by atoms with Crippen molar-refractivity contribution in [2.75, 3.05) is 31.9 Å². The van der Waals surface area contributed by atoms with Gasteiger partial charge in [0.1, 0.15) is 4.90 Å². The van der Waals surface area contributed by atoms with E-state index in [4.69, 9.17) is 5.73 Å². The number of amides is 1. The van der Waals surface area contributed by atoms with Crippen molar-refractivity contribution in [3.05, 3.63) is 22.7 Å². The molecule has 0 aromatic heterocycles. The third kappa shape index (κ3) is 2.97. The van der Waals surface area contributed by atoms with Crippen LogP contribution in [0.2, 0.25) is 0 Å². The highest BCUT2D eigenvalue weighted by atomic mass is 79.9. The predicted octanol–water partition coefficient (Wildman–Crippen LogP) is 0.884. The van der Waals surface area contributed by atoms with Crippen LogP contribution in [0.4, 0.5) is 5.69 Å². The smallest absolute Gasteiger partial charge is 0.245 e. The van der Waals surface area contributed by atoms with E-state index < -0.39 is 10.0 Å². The average molecular weight is 362 g/mol. The first kappa shape index (κ1) is 15.3. The predicted molar refractivity (Wildman–Crippen MR) is 79.6 cm³/mol. The molecule has 1 aliphatic heterocycles. The van der Waals surface area contributed by atoms with Crippen LogP contribution in [0.5, 0.6) is 0 Å². The zero-order valence-corrected chi connectivity index (χ0v) is 13.4. The Bertz CT molecular complexity index is 625. The minimum atomic E-state index is -3.62. The summed E-state index contributed by atoms with van der Waals surface area (Å²) in [6.45, 7) is 2.86. The van der Waals surface area contributed by atoms with Crippen molar-refractivity contribution in [1.82, 2.24) is 9.21 Å². The highest BCUT2D eigenvalue weighted by Crippen LogP contribution is 2.26. The molecule has 1 saturated heterocycles. The third-order valence-corrected chi connectivity index (χ3v) is 5.73. The Labute approximate surface area is 126 Å². The Morgan fingerprint density at radius 3 is 2.40 bits per heavy atom. The van der Waals surface area contributed by atoms with Crippen LogP contribution in [-0.2, 0) is 14.8 Å². The molecule has 0 unspecified atom stereocenters. The molecule has 1 heterocycles. The number of anilines is 1. The summed E-state index contributed by atoms with van der Waals surface area (Å²) in [5, 5.41) is 0. The van der Waals surface area contributed by atoms with Crippen LogP contribution in [-0.4, -0.2) is 49.7 Å². The van der Waals surface area contributed by atoms with Crippen molar-refractivity contribution < 1.29 is 13.2 Å². The molecule has 0 saturated carbocycles. The zero-order valence-electron chi connectivity index (χ0n) is 11.0. The van der Waals surface area contributed by atoms with Crippen molar-refractivity contribution in [2.24, 2.45) is 0 Å². The number of sulfonamides is 1. The van der Waals surface area contributed by atoms with Gasteiger partial charge in [-0.3, -0.25) is 4.79 Å². The lowest BCUT2D eigenvalue weighted by molar-refractivity contribution is -0.129. The molecule has 0 radical (unpaired) electrons. The fraction of sp³-hybridized carbons (Fsp3) is 0.417. The monoisotopic (exact) mass is 361 g/mol. The third-order valence-electron chi connectivity index (χ3n) is 3.28. The summed E-state index contributed by atoms with van der Waals surface area (Å²) in [5.41, 5.74) is 5.99. The van der Waals surface area contributed by atoms with E-state index in [9.17, 15) is 13.2 Å². The molecule has 1 aliphatic rings. The van der Waals surface area contributed by atoms with Crippen LogP contribution in [0.3, 0.4) is 0 Å². The van der Waals surface area contributed by atoms with E-state index in [2.05, 4.69) is 15.9 Å². The molecular weight excluding hydrogens is 346 g/mol. The SMILES string of the molecule is CC(=O)N1CCN(S(=O)(=O)c2cc(Br)ccc2N)CC1. The molecule has 0 aliphatic carbocycles. The fourth-order valence-electron chi connectivity index (χ4n) is 2.11. The normalized spacial score (nSPS) is 17.2. The minimum absolute atomic E-state index is 0.0379. The van der Waals surface area contributed by atoms with Gasteiger partial charge in [0.05, 0.1) is 5.69 Å². The van der Waals surface area contributed by atoms with Crippen LogP contribution in [0, 0.1) is 0 Å². The van der Waals surface area contributed by atoms with Gasteiger partial charge in [-0.15, -0.1) is 0 Å². The molecule has 6 nitrogen and oxygen atoms in total. The number of hydrogen-bond donors (Lipinski definition) is 1. The van der Waals surface area contributed by atoms with Crippen molar-refractivity contribution in [1.29, 1.82) is 0 Å². The number of rotatable bonds is 2. The van der Waals surface area contributed by atoms with Gasteiger partial charge >= 0.3 is 0 Å². The summed E-state index contributed by atoms with van der Waals surface area (Å²) in [4.78, 5) is 13.0. The summed E-state index contributed by atoms with van der Waals surface area (Å²) in [6, 6.07) is 4.76. The van der Waals surface area contributed by atoms with Gasteiger partial charge < -0.3 is 10.6 Å². The maximum atomic E-state index is 12.6. The van der Waals surface area contributed by atoms with Gasteiger partial charge in [0.15, 0.2) is 0 Å². The minimum Gasteiger partial charge on any atom is -0.398 e. The maximum absolute atomic E-state index is 12.6. The van der Waals surface area contributed by atoms with Crippen molar-refractivity contribution in [3.8, 4) is 0 Å². The lowest BCUT2D eigenvalue weighted by Crippen LogP contribution is -2.50. The number of piperazine rings is 1. The molecule has 0 bridgehead atoms. The Hall–Kier alpha value is -1.12. The first-order valence-electron chi connectivity index (χ1n) is 6.13. The highest BCUT2D eigenvalue weighted by molar-refractivity contribution is 9.10. The number of nitrogens with two attached hydrogens (primary N) is 1. The largest absolute Gasteiger partial charge is 0.398 e. The van der Waals surface area contributed by atoms with Crippen molar-refractivity contribution in [2.45, 2.75) is 11.8 Å². The van der Waals surface area contributed by atoms with E-state index in [-0.39, 0.29) is 29.6 Å². The van der Waals surface area contributed by atoms with Crippen LogP contribution in [0.25, 0.3) is 0 Å². The van der Waals surface area contributed by atoms with Crippen molar-refractivity contribution >= 4 is 37.5 Å². The molecule has 0 spiro atoms. The second kappa shape index (κ2) is 5.71. The van der Waals surface area contributed by atoms with Gasteiger partial charge in [-0.1, -0.05) is 15.9 Å². The lowest BCUT2D eigenvalue weighted by atomic mass is 10.3. The maximum Gasteiger partial charge on any atom is 0.245 e. The Kier molecular flexibility index (Phi) is 4.36. The summed E-state index contributed by atoms with van der Waals surface area (Å²) in [5.74, 6) is -0.0379. The number of carbonyl (C=O) groups is 1. The van der Waals surface area contributed by atoms with Crippen LogP contribution < -0.4 is 5.73 Å². The van der Waals surface area contributed by atoms with Crippen LogP contribution in [0.1, 0.15) is 6.92 Å². The summed E-state index contributed by atoms with van der Waals surface area (Å²) >= 11 is 3.25. The number of hydrogen-bond acceptors (Lipinski definition) is 4. The van der Waals surface area contributed by atoms with Gasteiger partial charge in [0.2, 0.25) is 15.9 Å². The molecule has 0 atom stereocenters. The summed E-state index contributed by atoms with van der Waals surface area (Å²) in [6.07, 6.45) is 0. The van der Waals surface area contributed by atoms with Gasteiger partial charge in [0, 0.05) is 37.6 Å². The van der Waals surface area contributed by atoms with Gasteiger partial charge in [-0.2, -0.15) is 4.31 Å². The quantitative estimate of drug-likeness (QED) is 0.792. The number of halogens is 1. The van der Waals surface area contributed by atoms with E-state index in [1.54, 1.807) is 17.0 Å². The van der Waals surface area contributed by atoms with E-state index >= 15 is 0 Å². The van der Waals surface area contributed by atoms with E-state index in [1.165, 1.54) is 17.3 Å². The molecule has 2 N–H and O–H groups in total. The van der Waals surface area contributed by atoms with E-state index in [1.807, 2.05) is 0 Å². The Morgan fingerprint density at radius 2 is 1.85 bits per heavy atom. The standard InChI is InChI=1S/C12H16BrN3O3S/c1-9(17)15-4-6-16(7-5-15)20(18,19)12-8-10(13)2-3-11(12)14/h2-3,8H,4-7,14H2,1H3. The molecule has 2 rings (SSSR count). The first-order valence-corrected chi connectivity index (χ1v) is 8.36. The topological polar surface area (TPSA) is 83.7 Å². The molecule has 1 amide bonds. The Balaban J connectivity index is 2.24. The molecule has 1 fully saturated rings. The molecule has 110 valence electrons. The van der Waals surface area contributed by atoms with Crippen LogP contribution in [0.15, 0.2) is 27.6 Å². The summed E-state index contributed by atoms with van der Waals surface area (Å²) < 4.78 is 27.1. The number of benzene rings is 1. The molecule has 20 heavy (non-hydrogen) atoms. The number of carbonyl (C=O) groups excluding carboxylic acids is 1. The second-order valence-electron chi connectivity index (χ2n) is 4.59. The first-order chi connectivity index (χ1) is 9.32. The zero-order chi connectivity index (χ0) is 14.9. The average Bonchev–Trinajstić information content (AvgIpc) is 2.41. The lowest BCUT2D eigenvalue weighted by Gasteiger charge is -2.33. The van der Waals surface area contributed by atoms with E-state index in [0.717, 1.165) is 0 Å².